The van der Waals surface area contributed by atoms with Gasteiger partial charge in [-0.1, -0.05) is 78.5 Å². The van der Waals surface area contributed by atoms with Crippen LogP contribution >= 0.6 is 24.4 Å². The second-order valence-electron chi connectivity index (χ2n) is 11.2. The highest BCUT2D eigenvalue weighted by atomic mass is 32.2. The molecule has 0 fully saturated rings. The third-order valence-corrected chi connectivity index (χ3v) is 8.87. The van der Waals surface area contributed by atoms with Gasteiger partial charge in [0.1, 0.15) is 0 Å². The van der Waals surface area contributed by atoms with Crippen LogP contribution in [0.3, 0.4) is 0 Å². The van der Waals surface area contributed by atoms with Crippen molar-refractivity contribution in [3.05, 3.63) is 109 Å². The van der Waals surface area contributed by atoms with E-state index in [2.05, 4.69) is 59.0 Å². The summed E-state index contributed by atoms with van der Waals surface area (Å²) in [5.74, 6) is -2.09. The molecule has 3 aromatic carbocycles. The number of amides is 1. The molecule has 2 heterocycles. The minimum atomic E-state index is -5.08. The maximum atomic E-state index is 12.6. The number of benzene rings is 3. The molecule has 5 N–H and O–H groups in total. The standard InChI is InChI=1S/C18H12N2S.C17H29N3OS.C2HF3O2/c1-3-7-17-13(5-1)9-15(11-19-17)21-16-10-14-6-2-4-8-18(14)20-12-16;1-2-20(15(13-22)9-6-12-18)17(21)16(19)11-10-14-7-4-3-5-8-14;3-2(4,5)1(6)7/h1-12H;3-5,7-8,15-16,22H,2,6,9-13,18-19H2,1H3;(H,6,7)/t;15-,16-;/m.0./s1. The van der Waals surface area contributed by atoms with Gasteiger partial charge in [-0.15, -0.1) is 0 Å². The first kappa shape index (κ1) is 40.3. The third kappa shape index (κ3) is 12.9. The van der Waals surface area contributed by atoms with Gasteiger partial charge >= 0.3 is 12.1 Å². The quantitative estimate of drug-likeness (QED) is 0.0978. The Labute approximate surface area is 299 Å². The number of halogens is 3. The van der Waals surface area contributed by atoms with Crippen molar-refractivity contribution in [1.82, 2.24) is 14.9 Å². The van der Waals surface area contributed by atoms with E-state index in [0.29, 0.717) is 25.3 Å². The van der Waals surface area contributed by atoms with Crippen LogP contribution in [0.2, 0.25) is 0 Å². The number of pyridine rings is 2. The number of hydrogen-bond donors (Lipinski definition) is 4. The first-order valence-corrected chi connectivity index (χ1v) is 17.5. The molecule has 2 atom stereocenters. The van der Waals surface area contributed by atoms with Gasteiger partial charge in [0.15, 0.2) is 0 Å². The molecular weight excluding hydrogens is 684 g/mol. The number of nitrogens with two attached hydrogens (primary N) is 2. The number of carboxylic acids is 1. The molecule has 5 aromatic rings. The lowest BCUT2D eigenvalue weighted by Gasteiger charge is -2.32. The second-order valence-corrected chi connectivity index (χ2v) is 12.7. The number of fused-ring (bicyclic) bond motifs is 2. The fourth-order valence-electron chi connectivity index (χ4n) is 4.95. The molecule has 0 unspecified atom stereocenters. The highest BCUT2D eigenvalue weighted by Crippen LogP contribution is 2.30. The number of nitrogens with zero attached hydrogens (tertiary/aromatic N) is 3. The van der Waals surface area contributed by atoms with Crippen molar-refractivity contribution in [3.63, 3.8) is 0 Å². The number of rotatable bonds is 12. The maximum absolute atomic E-state index is 12.6. The Morgan fingerprint density at radius 3 is 1.84 bits per heavy atom. The SMILES string of the molecule is CCN(C(=O)[C@@H](N)CCc1ccccc1)[C@H](CS)CCCN.O=C(O)C(F)(F)F.c1ccc2ncc(Sc3cnc4ccccc4c3)cc2c1. The van der Waals surface area contributed by atoms with Gasteiger partial charge in [0.25, 0.3) is 0 Å². The molecule has 266 valence electrons. The van der Waals surface area contributed by atoms with Gasteiger partial charge in [-0.05, 0) is 69.0 Å². The summed E-state index contributed by atoms with van der Waals surface area (Å²) in [7, 11) is 0. The summed E-state index contributed by atoms with van der Waals surface area (Å²) in [6, 6.07) is 30.4. The first-order valence-electron chi connectivity index (χ1n) is 16.0. The van der Waals surface area contributed by atoms with Crippen LogP contribution < -0.4 is 11.5 Å². The fourth-order valence-corrected chi connectivity index (χ4v) is 6.18. The van der Waals surface area contributed by atoms with Crippen LogP contribution in [0.25, 0.3) is 21.8 Å². The molecule has 0 aliphatic carbocycles. The number of thiol groups is 1. The fraction of sp³-hybridized carbons (Fsp3) is 0.297. The summed E-state index contributed by atoms with van der Waals surface area (Å²) in [5.41, 5.74) is 15.0. The highest BCUT2D eigenvalue weighted by molar-refractivity contribution is 7.99. The van der Waals surface area contributed by atoms with Crippen LogP contribution in [0.4, 0.5) is 13.2 Å². The molecule has 2 aromatic heterocycles. The van der Waals surface area contributed by atoms with E-state index in [4.69, 9.17) is 21.4 Å². The summed E-state index contributed by atoms with van der Waals surface area (Å²) >= 11 is 6.07. The number of aryl methyl sites for hydroxylation is 1. The monoisotopic (exact) mass is 725 g/mol. The van der Waals surface area contributed by atoms with Gasteiger partial charge in [0, 0.05) is 51.3 Å². The second kappa shape index (κ2) is 20.5. The molecule has 5 rings (SSSR count). The Balaban J connectivity index is 0.000000228. The van der Waals surface area contributed by atoms with Crippen LogP contribution in [0.5, 0.6) is 0 Å². The summed E-state index contributed by atoms with van der Waals surface area (Å²) in [6.45, 7) is 3.28. The van der Waals surface area contributed by atoms with Crippen molar-refractivity contribution >= 4 is 58.1 Å². The summed E-state index contributed by atoms with van der Waals surface area (Å²) in [6.07, 6.45) is 2.01. The Bertz CT molecular complexity index is 1720. The number of carboxylic acid groups (broad SMARTS) is 1. The Morgan fingerprint density at radius 1 is 0.880 bits per heavy atom. The number of aliphatic carboxylic acids is 1. The van der Waals surface area contributed by atoms with E-state index in [1.165, 1.54) is 5.56 Å². The summed E-state index contributed by atoms with van der Waals surface area (Å²) < 4.78 is 31.7. The van der Waals surface area contributed by atoms with Crippen molar-refractivity contribution in [2.45, 2.75) is 60.7 Å². The molecule has 0 aliphatic heterocycles. The van der Waals surface area contributed by atoms with Crippen molar-refractivity contribution in [2.24, 2.45) is 11.5 Å². The normalized spacial score (nSPS) is 12.2. The van der Waals surface area contributed by atoms with Gasteiger partial charge in [0.05, 0.1) is 17.1 Å². The van der Waals surface area contributed by atoms with Crippen molar-refractivity contribution in [2.75, 3.05) is 18.8 Å². The number of likely N-dealkylation sites (N-methyl/N-ethyl adjacent to an activating group) is 1. The zero-order valence-electron chi connectivity index (χ0n) is 27.7. The van der Waals surface area contributed by atoms with E-state index in [1.54, 1.807) is 11.8 Å². The number of carbonyl (C=O) groups excluding carboxylic acids is 1. The van der Waals surface area contributed by atoms with E-state index < -0.39 is 18.2 Å². The maximum Gasteiger partial charge on any atom is 0.490 e. The lowest BCUT2D eigenvalue weighted by Crippen LogP contribution is -2.49. The van der Waals surface area contributed by atoms with Crippen molar-refractivity contribution in [1.29, 1.82) is 0 Å². The Hall–Kier alpha value is -4.17. The molecule has 13 heteroatoms. The van der Waals surface area contributed by atoms with E-state index in [9.17, 15) is 18.0 Å². The van der Waals surface area contributed by atoms with Crippen molar-refractivity contribution < 1.29 is 27.9 Å². The predicted octanol–water partition coefficient (Wildman–Crippen LogP) is 7.40. The van der Waals surface area contributed by atoms with E-state index in [1.807, 2.05) is 78.8 Å². The Morgan fingerprint density at radius 2 is 1.38 bits per heavy atom. The zero-order chi connectivity index (χ0) is 36.5. The molecule has 0 saturated carbocycles. The molecule has 0 aliphatic rings. The van der Waals surface area contributed by atoms with Crippen LogP contribution in [0.15, 0.2) is 113 Å². The topological polar surface area (TPSA) is 135 Å². The van der Waals surface area contributed by atoms with E-state index in [-0.39, 0.29) is 11.9 Å². The highest BCUT2D eigenvalue weighted by Gasteiger charge is 2.38. The summed E-state index contributed by atoms with van der Waals surface area (Å²) in [5, 5.41) is 9.45. The van der Waals surface area contributed by atoms with Gasteiger partial charge in [-0.2, -0.15) is 25.8 Å². The van der Waals surface area contributed by atoms with E-state index >= 15 is 0 Å². The molecule has 50 heavy (non-hydrogen) atoms. The van der Waals surface area contributed by atoms with E-state index in [0.717, 1.165) is 50.9 Å². The minimum absolute atomic E-state index is 0.0227. The van der Waals surface area contributed by atoms with Crippen LogP contribution in [0, 0.1) is 0 Å². The first-order chi connectivity index (χ1) is 24.0. The number of hydrogen-bond acceptors (Lipinski definition) is 8. The average Bonchev–Trinajstić information content (AvgIpc) is 3.12. The molecule has 0 saturated heterocycles. The summed E-state index contributed by atoms with van der Waals surface area (Å²) in [4.78, 5) is 34.6. The molecule has 0 spiro atoms. The third-order valence-electron chi connectivity index (χ3n) is 7.53. The number of carbonyl (C=O) groups is 2. The smallest absolute Gasteiger partial charge is 0.475 e. The van der Waals surface area contributed by atoms with Crippen LogP contribution in [0.1, 0.15) is 31.7 Å². The minimum Gasteiger partial charge on any atom is -0.475 e. The lowest BCUT2D eigenvalue weighted by molar-refractivity contribution is -0.192. The van der Waals surface area contributed by atoms with Gasteiger partial charge in [-0.3, -0.25) is 14.8 Å². The van der Waals surface area contributed by atoms with Crippen molar-refractivity contribution in [3.8, 4) is 0 Å². The van der Waals surface area contributed by atoms with Gasteiger partial charge < -0.3 is 21.5 Å². The molecule has 0 radical (unpaired) electrons. The molecular formula is C37H42F3N5O3S2. The lowest BCUT2D eigenvalue weighted by atomic mass is 10.0. The largest absolute Gasteiger partial charge is 0.490 e. The number of para-hydroxylation sites is 2. The molecule has 8 nitrogen and oxygen atoms in total. The molecule has 0 bridgehead atoms. The Kier molecular flexibility index (Phi) is 16.5. The zero-order valence-corrected chi connectivity index (χ0v) is 29.4. The van der Waals surface area contributed by atoms with Crippen LogP contribution in [-0.2, 0) is 16.0 Å². The van der Waals surface area contributed by atoms with Gasteiger partial charge in [-0.25, -0.2) is 4.79 Å². The number of alkyl halides is 3. The van der Waals surface area contributed by atoms with Crippen LogP contribution in [-0.4, -0.2) is 69.0 Å². The average molecular weight is 726 g/mol. The molecule has 1 amide bonds. The van der Waals surface area contributed by atoms with Gasteiger partial charge in [0.2, 0.25) is 5.91 Å². The number of aromatic nitrogens is 2. The predicted molar refractivity (Wildman–Crippen MR) is 197 cm³/mol.